The Labute approximate surface area is 458 Å². The van der Waals surface area contributed by atoms with Crippen molar-refractivity contribution < 1.29 is 84.7 Å². The third kappa shape index (κ3) is 12.4. The highest BCUT2D eigenvalue weighted by atomic mass is 127. The number of imidazole rings is 2. The summed E-state index contributed by atoms with van der Waals surface area (Å²) >= 11 is 1.83. The Morgan fingerprint density at radius 1 is 0.613 bits per heavy atom. The average Bonchev–Trinajstić information content (AvgIpc) is 4.25. The van der Waals surface area contributed by atoms with Gasteiger partial charge in [0.1, 0.15) is 79.3 Å². The number of hydrogen-bond acceptors (Lipinski definition) is 29. The Bertz CT molecular complexity index is 3710. The van der Waals surface area contributed by atoms with Gasteiger partial charge >= 0.3 is 34.8 Å². The quantitative estimate of drug-likeness (QED) is 0.0283. The summed E-state index contributed by atoms with van der Waals surface area (Å²) in [5.41, 5.74) is 19.5. The van der Waals surface area contributed by atoms with Gasteiger partial charge in [-0.2, -0.15) is 19.9 Å². The fraction of sp³-hybridized carbons (Fsp3) is 0.526. The van der Waals surface area contributed by atoms with Gasteiger partial charge in [-0.05, 0) is 28.7 Å². The normalized spacial score (nSPS) is 29.3. The first-order valence-electron chi connectivity index (χ1n) is 23.5. The first-order valence-corrected chi connectivity index (χ1v) is 29.1. The Hall–Kier alpha value is -5.52. The van der Waals surface area contributed by atoms with Crippen molar-refractivity contribution in [3.63, 3.8) is 0 Å². The molecule has 0 saturated carbocycles. The van der Waals surface area contributed by atoms with Gasteiger partial charge in [-0.1, -0.05) is 0 Å². The lowest BCUT2D eigenvalue weighted by molar-refractivity contribution is -0.0630. The third-order valence-electron chi connectivity index (χ3n) is 12.9. The topological polar surface area (TPSA) is 546 Å². The predicted octanol–water partition coefficient (Wildman–Crippen LogP) is -2.29. The fourth-order valence-corrected chi connectivity index (χ4v) is 12.5. The van der Waals surface area contributed by atoms with Crippen molar-refractivity contribution >= 4 is 91.9 Å². The van der Waals surface area contributed by atoms with Crippen molar-refractivity contribution in [1.82, 2.24) is 58.1 Å². The van der Waals surface area contributed by atoms with E-state index in [0.717, 1.165) is 15.5 Å². The lowest BCUT2D eigenvalue weighted by Crippen LogP contribution is -2.31. The molecular formula is C38H48IN16O22P3. The van der Waals surface area contributed by atoms with Crippen LogP contribution in [0.4, 0.5) is 23.5 Å². The summed E-state index contributed by atoms with van der Waals surface area (Å²) in [6.07, 6.45) is -12.5. The molecule has 38 nitrogen and oxygen atoms in total. The number of hydrogen-bond donors (Lipinski definition) is 11. The molecule has 6 aromatic rings. The Morgan fingerprint density at radius 3 is 1.54 bits per heavy atom. The molecule has 80 heavy (non-hydrogen) atoms. The molecule has 15 N–H and O–H groups in total. The van der Waals surface area contributed by atoms with E-state index >= 15 is 0 Å². The van der Waals surface area contributed by atoms with Crippen molar-refractivity contribution in [2.24, 2.45) is 0 Å². The second kappa shape index (κ2) is 22.7. The van der Waals surface area contributed by atoms with E-state index in [0.29, 0.717) is 3.57 Å². The molecule has 3 unspecified atom stereocenters. The summed E-state index contributed by atoms with van der Waals surface area (Å²) < 4.78 is 102. The largest absolute Gasteiger partial charge is 0.472 e. The summed E-state index contributed by atoms with van der Waals surface area (Å²) in [5, 5.41) is 20.9. The molecule has 4 aliphatic rings. The molecule has 10 rings (SSSR count). The van der Waals surface area contributed by atoms with Gasteiger partial charge < -0.3 is 66.8 Å². The van der Waals surface area contributed by atoms with Crippen LogP contribution < -0.4 is 45.4 Å². The Kier molecular flexibility index (Phi) is 16.4. The minimum Gasteiger partial charge on any atom is -0.394 e. The molecule has 0 amide bonds. The zero-order valence-corrected chi connectivity index (χ0v) is 45.5. The SMILES string of the molecule is Nc1ccn([C@H]2C[C@H](OP(=O)(O)OC[C@H]3O[C@@H](n4cnc5c(=O)[nH]c(N)nc54)C[C@@H]3OP(=O)(O)OC[C@H]3O[C@@H](n4cnc5c(=O)[nH]c(N)nc54)C[C@@H]3O)[C@@H](COP(=O)(O)O[C@H]3C[C@H](n4cc(I)c(N)nc4=O)O[C@@H]3CO)O2)c(=O)n1. The number of nitrogens with one attached hydrogen (secondary N) is 2. The summed E-state index contributed by atoms with van der Waals surface area (Å²) in [6.45, 7) is -3.37. The van der Waals surface area contributed by atoms with Crippen LogP contribution in [0.1, 0.15) is 50.6 Å². The van der Waals surface area contributed by atoms with Crippen LogP contribution in [-0.2, 0) is 59.8 Å². The molecule has 0 radical (unpaired) electrons. The first-order chi connectivity index (χ1) is 37.8. The number of H-pyrrole nitrogens is 2. The van der Waals surface area contributed by atoms with Crippen molar-refractivity contribution in [2.45, 2.75) is 99.4 Å². The van der Waals surface area contributed by atoms with Crippen LogP contribution in [0.25, 0.3) is 22.3 Å². The molecule has 4 fully saturated rings. The number of phosphoric acid groups is 3. The number of phosphoric ester groups is 3. The van der Waals surface area contributed by atoms with Gasteiger partial charge in [0.15, 0.2) is 22.3 Å². The minimum atomic E-state index is -5.39. The molecule has 4 saturated heterocycles. The number of nitrogens with two attached hydrogens (primary N) is 4. The van der Waals surface area contributed by atoms with Gasteiger partial charge in [0.2, 0.25) is 11.9 Å². The molecule has 4 aliphatic heterocycles. The number of rotatable bonds is 20. The minimum absolute atomic E-state index is 0.0339. The van der Waals surface area contributed by atoms with Crippen LogP contribution >= 0.6 is 46.1 Å². The van der Waals surface area contributed by atoms with E-state index in [4.69, 9.17) is 69.0 Å². The Morgan fingerprint density at radius 2 is 1.04 bits per heavy atom. The van der Waals surface area contributed by atoms with Crippen molar-refractivity contribution in [2.75, 3.05) is 49.4 Å². The number of nitrogen functional groups attached to an aromatic ring is 4. The van der Waals surface area contributed by atoms with Gasteiger partial charge in [-0.3, -0.25) is 65.0 Å². The number of aliphatic hydroxyl groups excluding tert-OH is 2. The van der Waals surface area contributed by atoms with Crippen LogP contribution in [0.2, 0.25) is 0 Å². The molecule has 0 bridgehead atoms. The zero-order chi connectivity index (χ0) is 57.2. The van der Waals surface area contributed by atoms with Gasteiger partial charge in [-0.25, -0.2) is 33.3 Å². The second-order valence-corrected chi connectivity index (χ2v) is 23.6. The van der Waals surface area contributed by atoms with Crippen LogP contribution in [0, 0.1) is 3.57 Å². The van der Waals surface area contributed by atoms with E-state index in [1.165, 1.54) is 33.9 Å². The standard InChI is InChI=1S/C38H48IN16O22P3/c39-14-7-53(38(61)47-30(14)41)26-4-16(19(8-56)71-26)75-79(64,65)69-10-21-17(5-25(73-21)52-2-1-23(40)46-37(52)60)76-80(66,67)70-11-22-18(6-27(74-22)55-13-45-29-32(55)49-36(43)51-34(29)59)77-78(62,63)68-9-20-15(57)3-24(72-20)54-12-44-28-31(54)48-35(42)50-33(28)58/h1-2,7,12-13,15-22,24-27,56-57H,3-6,8-11H2,(H,62,63)(H,64,65)(H,66,67)(H2,40,46,60)(H2,41,47,61)(H3,42,48,50,58)(H3,43,49,51,59)/t15-,16-,17-,18-,19+,20+,21+,22+,24+,25+,26+,27+/m0/s1. The highest BCUT2D eigenvalue weighted by Crippen LogP contribution is 2.54. The maximum Gasteiger partial charge on any atom is 0.472 e. The summed E-state index contributed by atoms with van der Waals surface area (Å²) in [6, 6.07) is 1.25. The van der Waals surface area contributed by atoms with Gasteiger partial charge in [0.25, 0.3) is 11.1 Å². The lowest BCUT2D eigenvalue weighted by Gasteiger charge is -2.25. The number of halogens is 1. The van der Waals surface area contributed by atoms with E-state index in [1.807, 2.05) is 22.6 Å². The van der Waals surface area contributed by atoms with Gasteiger partial charge in [-0.15, -0.1) is 0 Å². The van der Waals surface area contributed by atoms with Gasteiger partial charge in [0.05, 0.1) is 48.8 Å². The maximum absolute atomic E-state index is 13.9. The van der Waals surface area contributed by atoms with Crippen molar-refractivity contribution in [3.8, 4) is 0 Å². The maximum atomic E-state index is 13.9. The highest BCUT2D eigenvalue weighted by Gasteiger charge is 2.48. The molecule has 6 aromatic heterocycles. The molecule has 42 heteroatoms. The van der Waals surface area contributed by atoms with Crippen LogP contribution in [0.15, 0.2) is 50.3 Å². The second-order valence-electron chi connectivity index (χ2n) is 18.2. The number of aromatic amines is 2. The van der Waals surface area contributed by atoms with E-state index in [2.05, 4.69) is 39.9 Å². The molecule has 10 heterocycles. The highest BCUT2D eigenvalue weighted by molar-refractivity contribution is 14.1. The predicted molar refractivity (Wildman–Crippen MR) is 273 cm³/mol. The molecular weight excluding hydrogens is 1250 g/mol. The van der Waals surface area contributed by atoms with Crippen LogP contribution in [-0.4, -0.2) is 158 Å². The Balaban J connectivity index is 0.829. The van der Waals surface area contributed by atoms with E-state index in [9.17, 15) is 57.8 Å². The molecule has 0 aliphatic carbocycles. The van der Waals surface area contributed by atoms with E-state index in [-0.39, 0.29) is 65.1 Å². The molecule has 15 atom stereocenters. The van der Waals surface area contributed by atoms with E-state index in [1.54, 1.807) is 0 Å². The van der Waals surface area contributed by atoms with Crippen LogP contribution in [0.3, 0.4) is 0 Å². The lowest BCUT2D eigenvalue weighted by atomic mass is 10.2. The fourth-order valence-electron chi connectivity index (χ4n) is 9.17. The molecule has 0 aromatic carbocycles. The van der Waals surface area contributed by atoms with Crippen molar-refractivity contribution in [1.29, 1.82) is 0 Å². The number of ether oxygens (including phenoxy) is 4. The molecule has 0 spiro atoms. The van der Waals surface area contributed by atoms with E-state index < -0.39 is 153 Å². The first kappa shape index (κ1) is 57.7. The smallest absolute Gasteiger partial charge is 0.394 e. The summed E-state index contributed by atoms with van der Waals surface area (Å²) in [5.74, 6) is -0.731. The summed E-state index contributed by atoms with van der Waals surface area (Å²) in [7, 11) is -15.8. The van der Waals surface area contributed by atoms with Crippen LogP contribution in [0.5, 0.6) is 0 Å². The number of aliphatic hydroxyl groups is 2. The van der Waals surface area contributed by atoms with Gasteiger partial charge in [0, 0.05) is 38.1 Å². The number of nitrogens with zero attached hydrogens (tertiary/aromatic N) is 10. The monoisotopic (exact) mass is 1300 g/mol. The third-order valence-corrected chi connectivity index (χ3v) is 16.7. The number of fused-ring (bicyclic) bond motifs is 2. The van der Waals surface area contributed by atoms with Crippen molar-refractivity contribution in [3.05, 3.63) is 76.4 Å². The molecule has 434 valence electrons. The summed E-state index contributed by atoms with van der Waals surface area (Å²) in [4.78, 5) is 112. The average molecular weight is 1300 g/mol. The number of aromatic nitrogens is 12. The number of anilines is 4. The zero-order valence-electron chi connectivity index (χ0n) is 40.6.